The van der Waals surface area contributed by atoms with Crippen LogP contribution in [0.15, 0.2) is 180 Å². The Morgan fingerprint density at radius 1 is 0.482 bits per heavy atom. The molecule has 1 unspecified atom stereocenters. The number of fused-ring (bicyclic) bond motifs is 13. The summed E-state index contributed by atoms with van der Waals surface area (Å²) >= 11 is 0. The highest BCUT2D eigenvalue weighted by Gasteiger charge is 2.48. The van der Waals surface area contributed by atoms with Gasteiger partial charge in [-0.1, -0.05) is 153 Å². The number of aryl methyl sites for hydroxylation is 1. The molecule has 1 spiro atoms. The van der Waals surface area contributed by atoms with Crippen LogP contribution < -0.4 is 4.90 Å². The summed E-state index contributed by atoms with van der Waals surface area (Å²) in [6, 6.07) is 65.3. The summed E-state index contributed by atoms with van der Waals surface area (Å²) < 4.78 is 6.79. The third kappa shape index (κ3) is 4.16. The van der Waals surface area contributed by atoms with E-state index in [1.165, 1.54) is 66.8 Å². The van der Waals surface area contributed by atoms with E-state index in [0.29, 0.717) is 0 Å². The first kappa shape index (κ1) is 31.7. The van der Waals surface area contributed by atoms with Crippen LogP contribution >= 0.6 is 0 Å². The van der Waals surface area contributed by atoms with E-state index >= 15 is 0 Å². The Hall–Kier alpha value is -6.64. The molecule has 9 aromatic rings. The molecule has 56 heavy (non-hydrogen) atoms. The largest absolute Gasteiger partial charge is 0.454 e. The van der Waals surface area contributed by atoms with Crippen LogP contribution in [0.1, 0.15) is 53.6 Å². The van der Waals surface area contributed by atoms with Gasteiger partial charge < -0.3 is 9.32 Å². The first-order chi connectivity index (χ1) is 27.5. The van der Waals surface area contributed by atoms with Crippen molar-refractivity contribution in [3.05, 3.63) is 209 Å². The minimum absolute atomic E-state index is 0.126. The average molecular weight is 718 g/mol. The van der Waals surface area contributed by atoms with Crippen LogP contribution in [0.4, 0.5) is 17.1 Å². The average Bonchev–Trinajstić information content (AvgIpc) is 3.97. The number of hydrogen-bond donors (Lipinski definition) is 0. The fourth-order valence-electron chi connectivity index (χ4n) is 10.9. The fraction of sp³-hybridized carbons (Fsp3) is 0.111. The molecule has 2 heteroatoms. The Bertz CT molecular complexity index is 3090. The number of hydrogen-bond acceptors (Lipinski definition) is 2. The summed E-state index contributed by atoms with van der Waals surface area (Å²) in [5.41, 5.74) is 21.0. The van der Waals surface area contributed by atoms with Crippen molar-refractivity contribution in [2.75, 3.05) is 4.90 Å². The van der Waals surface area contributed by atoms with Crippen molar-refractivity contribution >= 4 is 39.0 Å². The van der Waals surface area contributed by atoms with Gasteiger partial charge in [0.1, 0.15) is 5.58 Å². The molecule has 0 saturated carbocycles. The minimum atomic E-state index is -0.192. The molecule has 2 nitrogen and oxygen atoms in total. The van der Waals surface area contributed by atoms with E-state index in [2.05, 4.69) is 195 Å². The van der Waals surface area contributed by atoms with E-state index in [9.17, 15) is 0 Å². The van der Waals surface area contributed by atoms with Crippen molar-refractivity contribution in [2.45, 2.75) is 37.5 Å². The number of para-hydroxylation sites is 2. The summed E-state index contributed by atoms with van der Waals surface area (Å²) in [6.07, 6.45) is 2.13. The normalized spacial score (nSPS) is 16.8. The van der Waals surface area contributed by atoms with E-state index in [4.69, 9.17) is 4.42 Å². The highest BCUT2D eigenvalue weighted by atomic mass is 16.3. The van der Waals surface area contributed by atoms with E-state index in [1.54, 1.807) is 0 Å². The summed E-state index contributed by atoms with van der Waals surface area (Å²) in [7, 11) is 0. The van der Waals surface area contributed by atoms with Gasteiger partial charge in [0.2, 0.25) is 0 Å². The molecule has 0 bridgehead atoms. The Balaban J connectivity index is 1.10. The maximum absolute atomic E-state index is 6.79. The Labute approximate surface area is 327 Å². The van der Waals surface area contributed by atoms with Gasteiger partial charge in [0, 0.05) is 33.0 Å². The second-order valence-corrected chi connectivity index (χ2v) is 16.4. The molecule has 8 aromatic carbocycles. The van der Waals surface area contributed by atoms with Gasteiger partial charge in [-0.15, -0.1) is 0 Å². The molecule has 3 aliphatic rings. The van der Waals surface area contributed by atoms with Gasteiger partial charge in [-0.05, 0) is 116 Å². The lowest BCUT2D eigenvalue weighted by Crippen LogP contribution is -2.24. The van der Waals surface area contributed by atoms with Gasteiger partial charge in [0.25, 0.3) is 0 Å². The number of anilines is 3. The number of furan rings is 1. The molecule has 0 aliphatic heterocycles. The monoisotopic (exact) mass is 717 g/mol. The Kier molecular flexibility index (Phi) is 6.47. The zero-order valence-corrected chi connectivity index (χ0v) is 31.5. The van der Waals surface area contributed by atoms with Gasteiger partial charge in [-0.2, -0.15) is 0 Å². The van der Waals surface area contributed by atoms with Crippen LogP contribution in [-0.4, -0.2) is 0 Å². The highest BCUT2D eigenvalue weighted by molar-refractivity contribution is 6.10. The van der Waals surface area contributed by atoms with Crippen molar-refractivity contribution in [3.8, 4) is 33.4 Å². The third-order valence-electron chi connectivity index (χ3n) is 13.3. The third-order valence-corrected chi connectivity index (χ3v) is 13.3. The predicted octanol–water partition coefficient (Wildman–Crippen LogP) is 14.3. The van der Waals surface area contributed by atoms with Crippen molar-refractivity contribution in [2.24, 2.45) is 0 Å². The van der Waals surface area contributed by atoms with Crippen LogP contribution in [0.2, 0.25) is 0 Å². The zero-order chi connectivity index (χ0) is 37.2. The smallest absolute Gasteiger partial charge is 0.159 e. The maximum Gasteiger partial charge on any atom is 0.159 e. The summed E-state index contributed by atoms with van der Waals surface area (Å²) in [5.74, 6) is 0. The van der Waals surface area contributed by atoms with E-state index < -0.39 is 0 Å². The quantitative estimate of drug-likeness (QED) is 0.180. The molecule has 12 rings (SSSR count). The van der Waals surface area contributed by atoms with Crippen LogP contribution in [0.25, 0.3) is 55.3 Å². The first-order valence-corrected chi connectivity index (χ1v) is 19.9. The van der Waals surface area contributed by atoms with Gasteiger partial charge in [-0.3, -0.25) is 0 Å². The number of rotatable bonds is 4. The fourth-order valence-corrected chi connectivity index (χ4v) is 10.9. The Morgan fingerprint density at radius 3 is 2.02 bits per heavy atom. The number of nitrogens with zero attached hydrogens (tertiary/aromatic N) is 1. The predicted molar refractivity (Wildman–Crippen MR) is 231 cm³/mol. The molecule has 266 valence electrons. The molecule has 1 aromatic heterocycles. The molecule has 0 N–H and O–H groups in total. The lowest BCUT2D eigenvalue weighted by molar-refractivity contribution is 0.626. The first-order valence-electron chi connectivity index (χ1n) is 19.9. The molecule has 1 atom stereocenters. The zero-order valence-electron chi connectivity index (χ0n) is 31.5. The van der Waals surface area contributed by atoms with Crippen LogP contribution in [0.3, 0.4) is 0 Å². The molecule has 0 amide bonds. The summed E-state index contributed by atoms with van der Waals surface area (Å²) in [5, 5.41) is 2.25. The number of benzene rings is 8. The topological polar surface area (TPSA) is 16.4 Å². The molecular weight excluding hydrogens is 679 g/mol. The van der Waals surface area contributed by atoms with Crippen LogP contribution in [-0.2, 0) is 17.3 Å². The SMILES string of the molecule is CC1(C)c2ccccc2-c2cccc(-c3cccc(N(c4ccc5c(c4)C4(CCc6ccccc64)c4ccccc4-5)c4cccc5c4oc4ccccc45)c3)c21. The molecule has 0 fully saturated rings. The Morgan fingerprint density at radius 2 is 1.12 bits per heavy atom. The van der Waals surface area contributed by atoms with Crippen molar-refractivity contribution in [1.29, 1.82) is 0 Å². The molecule has 1 heterocycles. The maximum atomic E-state index is 6.79. The standard InChI is InChI=1S/C54H39NO/c1-53(2)46-24-8-4-18-40(46)43-21-12-20-38(51(43)53)35-15-11-16-36(32-35)55(49-26-13-22-44-42-19-6-10-27-50(42)56-52(44)49)37-28-29-41-39-17-5-9-25-47(39)54(48(41)33-37)31-30-34-14-3-7-23-45(34)54/h3-29,32-33H,30-31H2,1-2H3. The van der Waals surface area contributed by atoms with Gasteiger partial charge in [0.05, 0.1) is 5.69 Å². The lowest BCUT2D eigenvalue weighted by Gasteiger charge is -2.31. The van der Waals surface area contributed by atoms with Gasteiger partial charge >= 0.3 is 0 Å². The summed E-state index contributed by atoms with van der Waals surface area (Å²) in [6.45, 7) is 4.75. The van der Waals surface area contributed by atoms with E-state index in [-0.39, 0.29) is 10.8 Å². The van der Waals surface area contributed by atoms with E-state index in [1.807, 2.05) is 0 Å². The van der Waals surface area contributed by atoms with Crippen molar-refractivity contribution in [3.63, 3.8) is 0 Å². The second kappa shape index (κ2) is 11.4. The molecule has 3 aliphatic carbocycles. The molecular formula is C54H39NO. The van der Waals surface area contributed by atoms with Gasteiger partial charge in [-0.25, -0.2) is 0 Å². The molecule has 0 saturated heterocycles. The van der Waals surface area contributed by atoms with E-state index in [0.717, 1.165) is 51.8 Å². The van der Waals surface area contributed by atoms with Crippen molar-refractivity contribution in [1.82, 2.24) is 0 Å². The molecule has 0 radical (unpaired) electrons. The van der Waals surface area contributed by atoms with Gasteiger partial charge in [0.15, 0.2) is 5.58 Å². The van der Waals surface area contributed by atoms with Crippen LogP contribution in [0, 0.1) is 0 Å². The second-order valence-electron chi connectivity index (χ2n) is 16.4. The van der Waals surface area contributed by atoms with Crippen LogP contribution in [0.5, 0.6) is 0 Å². The lowest BCUT2D eigenvalue weighted by atomic mass is 9.73. The van der Waals surface area contributed by atoms with Crippen molar-refractivity contribution < 1.29 is 4.42 Å². The highest BCUT2D eigenvalue weighted by Crippen LogP contribution is 2.59. The summed E-state index contributed by atoms with van der Waals surface area (Å²) in [4.78, 5) is 2.44. The minimum Gasteiger partial charge on any atom is -0.454 e.